The molecule has 0 unspecified atom stereocenters. The number of hydrogen-bond acceptors (Lipinski definition) is 6. The normalized spacial score (nSPS) is 11.4. The number of pyridine rings is 1. The second kappa shape index (κ2) is 6.43. The van der Waals surface area contributed by atoms with Gasteiger partial charge in [0.1, 0.15) is 0 Å². The zero-order valence-corrected chi connectivity index (χ0v) is 14.0. The van der Waals surface area contributed by atoms with Crippen molar-refractivity contribution >= 4 is 39.1 Å². The average molecular weight is 377 g/mol. The predicted molar refractivity (Wildman–Crippen MR) is 100 cm³/mol. The molecule has 2 aromatic heterocycles. The lowest BCUT2D eigenvalue weighted by atomic mass is 10.1. The van der Waals surface area contributed by atoms with E-state index in [-0.39, 0.29) is 28.2 Å². The van der Waals surface area contributed by atoms with Crippen LogP contribution in [0.1, 0.15) is 10.4 Å². The number of non-ortho nitro benzene ring substituents is 1. The first-order chi connectivity index (χ1) is 13.4. The first kappa shape index (κ1) is 17.1. The van der Waals surface area contributed by atoms with Crippen LogP contribution in [0, 0.1) is 10.1 Å². The number of fused-ring (bicyclic) bond motifs is 2. The first-order valence-electron chi connectivity index (χ1n) is 8.01. The minimum absolute atomic E-state index is 0.0495. The molecule has 0 saturated carbocycles. The molecule has 0 saturated heterocycles. The van der Waals surface area contributed by atoms with Crippen LogP contribution in [-0.2, 0) is 0 Å². The number of nitro benzene ring substituents is 1. The van der Waals surface area contributed by atoms with Gasteiger partial charge in [0, 0.05) is 34.5 Å². The standard InChI is InChI=1S/C18H11N5O5/c24-15-8-11(10-3-1-2-4-13(10)19-15)17(25)22-21-16-12-7-9(23(27)28)5-6-14(12)20-18(16)26/h1-8,20,26H,(H,19,24). The van der Waals surface area contributed by atoms with Gasteiger partial charge in [-0.2, -0.15) is 0 Å². The van der Waals surface area contributed by atoms with Crippen LogP contribution in [0.3, 0.4) is 0 Å². The molecule has 0 aliphatic carbocycles. The van der Waals surface area contributed by atoms with Gasteiger partial charge in [-0.15, -0.1) is 10.2 Å². The summed E-state index contributed by atoms with van der Waals surface area (Å²) in [5, 5.41) is 29.1. The zero-order valence-electron chi connectivity index (χ0n) is 14.0. The molecule has 0 radical (unpaired) electrons. The number of carbonyl (C=O) groups is 1. The molecule has 1 amide bonds. The van der Waals surface area contributed by atoms with Crippen molar-refractivity contribution in [2.24, 2.45) is 10.2 Å². The molecule has 3 N–H and O–H groups in total. The van der Waals surface area contributed by atoms with Crippen molar-refractivity contribution in [3.05, 3.63) is 74.6 Å². The summed E-state index contributed by atoms with van der Waals surface area (Å²) in [5.41, 5.74) is 0.137. The van der Waals surface area contributed by atoms with E-state index in [4.69, 9.17) is 0 Å². The largest absolute Gasteiger partial charge is 0.493 e. The molecule has 0 aliphatic heterocycles. The Morgan fingerprint density at radius 3 is 2.57 bits per heavy atom. The van der Waals surface area contributed by atoms with E-state index in [2.05, 4.69) is 20.2 Å². The number of aromatic amines is 2. The summed E-state index contributed by atoms with van der Waals surface area (Å²) >= 11 is 0. The summed E-state index contributed by atoms with van der Waals surface area (Å²) in [6.07, 6.45) is 0. The summed E-state index contributed by atoms with van der Waals surface area (Å²) in [6, 6.07) is 11.7. The quantitative estimate of drug-likeness (QED) is 0.283. The molecular formula is C18H11N5O5. The minimum Gasteiger partial charge on any atom is -0.493 e. The van der Waals surface area contributed by atoms with E-state index in [0.717, 1.165) is 6.07 Å². The summed E-state index contributed by atoms with van der Waals surface area (Å²) in [7, 11) is 0. The Morgan fingerprint density at radius 2 is 1.79 bits per heavy atom. The van der Waals surface area contributed by atoms with Gasteiger partial charge < -0.3 is 15.1 Å². The number of hydrogen-bond donors (Lipinski definition) is 3. The summed E-state index contributed by atoms with van der Waals surface area (Å²) in [5.74, 6) is -1.18. The van der Waals surface area contributed by atoms with E-state index in [0.29, 0.717) is 16.4 Å². The number of H-pyrrole nitrogens is 2. The second-order valence-electron chi connectivity index (χ2n) is 5.91. The number of amides is 1. The number of aromatic nitrogens is 2. The Labute approximate surface area is 155 Å². The molecule has 138 valence electrons. The van der Waals surface area contributed by atoms with Gasteiger partial charge in [-0.1, -0.05) is 18.2 Å². The van der Waals surface area contributed by atoms with Crippen molar-refractivity contribution in [2.75, 3.05) is 0 Å². The monoisotopic (exact) mass is 377 g/mol. The van der Waals surface area contributed by atoms with Crippen molar-refractivity contribution in [1.82, 2.24) is 9.97 Å². The number of nitrogens with zero attached hydrogens (tertiary/aromatic N) is 3. The second-order valence-corrected chi connectivity index (χ2v) is 5.91. The molecule has 28 heavy (non-hydrogen) atoms. The van der Waals surface area contributed by atoms with Crippen LogP contribution in [0.25, 0.3) is 21.8 Å². The maximum absolute atomic E-state index is 12.5. The highest BCUT2D eigenvalue weighted by molar-refractivity contribution is 6.06. The van der Waals surface area contributed by atoms with Crippen LogP contribution in [0.15, 0.2) is 63.6 Å². The van der Waals surface area contributed by atoms with Crippen molar-refractivity contribution in [2.45, 2.75) is 0 Å². The third kappa shape index (κ3) is 2.88. The fourth-order valence-corrected chi connectivity index (χ4v) is 2.90. The van der Waals surface area contributed by atoms with E-state index in [1.54, 1.807) is 24.3 Å². The van der Waals surface area contributed by atoms with Crippen LogP contribution in [0.2, 0.25) is 0 Å². The topological polar surface area (TPSA) is 154 Å². The van der Waals surface area contributed by atoms with Crippen LogP contribution < -0.4 is 5.56 Å². The number of carbonyl (C=O) groups excluding carboxylic acids is 1. The van der Waals surface area contributed by atoms with E-state index in [1.165, 1.54) is 18.2 Å². The van der Waals surface area contributed by atoms with Gasteiger partial charge >= 0.3 is 0 Å². The Kier molecular flexibility index (Phi) is 3.93. The highest BCUT2D eigenvalue weighted by atomic mass is 16.6. The number of aromatic hydroxyl groups is 1. The maximum Gasteiger partial charge on any atom is 0.296 e. The van der Waals surface area contributed by atoms with Crippen LogP contribution >= 0.6 is 0 Å². The molecule has 4 rings (SSSR count). The molecule has 0 fully saturated rings. The number of benzene rings is 2. The van der Waals surface area contributed by atoms with E-state index in [1.807, 2.05) is 0 Å². The summed E-state index contributed by atoms with van der Waals surface area (Å²) in [4.78, 5) is 39.9. The number of para-hydroxylation sites is 1. The lowest BCUT2D eigenvalue weighted by Crippen LogP contribution is -2.09. The molecular weight excluding hydrogens is 366 g/mol. The van der Waals surface area contributed by atoms with Gasteiger partial charge in [0.15, 0.2) is 5.69 Å². The van der Waals surface area contributed by atoms with Crippen molar-refractivity contribution in [3.8, 4) is 5.88 Å². The van der Waals surface area contributed by atoms with Crippen LogP contribution in [0.4, 0.5) is 11.4 Å². The molecule has 2 aromatic carbocycles. The van der Waals surface area contributed by atoms with E-state index in [9.17, 15) is 24.8 Å². The molecule has 4 aromatic rings. The molecule has 10 nitrogen and oxygen atoms in total. The summed E-state index contributed by atoms with van der Waals surface area (Å²) in [6.45, 7) is 0. The third-order valence-electron chi connectivity index (χ3n) is 4.17. The highest BCUT2D eigenvalue weighted by Crippen LogP contribution is 2.37. The highest BCUT2D eigenvalue weighted by Gasteiger charge is 2.16. The number of nitrogens with one attached hydrogen (secondary N) is 2. The Hall–Kier alpha value is -4.34. The Morgan fingerprint density at radius 1 is 1.04 bits per heavy atom. The first-order valence-corrected chi connectivity index (χ1v) is 8.01. The average Bonchev–Trinajstić information content (AvgIpc) is 2.99. The smallest absolute Gasteiger partial charge is 0.296 e. The van der Waals surface area contributed by atoms with Crippen LogP contribution in [-0.4, -0.2) is 25.9 Å². The molecule has 0 spiro atoms. The van der Waals surface area contributed by atoms with Gasteiger partial charge in [0.2, 0.25) is 11.4 Å². The van der Waals surface area contributed by atoms with E-state index >= 15 is 0 Å². The summed E-state index contributed by atoms with van der Waals surface area (Å²) < 4.78 is 0. The molecule has 10 heteroatoms. The molecule has 2 heterocycles. The van der Waals surface area contributed by atoms with Gasteiger partial charge in [0.25, 0.3) is 11.6 Å². The third-order valence-corrected chi connectivity index (χ3v) is 4.17. The van der Waals surface area contributed by atoms with E-state index < -0.39 is 16.4 Å². The number of azo groups is 1. The van der Waals surface area contributed by atoms with Gasteiger partial charge in [0.05, 0.1) is 16.0 Å². The van der Waals surface area contributed by atoms with Gasteiger partial charge in [-0.3, -0.25) is 19.7 Å². The Bertz CT molecular complexity index is 1350. The van der Waals surface area contributed by atoms with Crippen molar-refractivity contribution in [3.63, 3.8) is 0 Å². The molecule has 0 bridgehead atoms. The van der Waals surface area contributed by atoms with Crippen molar-refractivity contribution < 1.29 is 14.8 Å². The predicted octanol–water partition coefficient (Wildman–Crippen LogP) is 3.55. The molecule has 0 atom stereocenters. The fraction of sp³-hybridized carbons (Fsp3) is 0. The zero-order chi connectivity index (χ0) is 19.8. The van der Waals surface area contributed by atoms with Gasteiger partial charge in [-0.25, -0.2) is 0 Å². The van der Waals surface area contributed by atoms with Crippen molar-refractivity contribution in [1.29, 1.82) is 0 Å². The SMILES string of the molecule is O=C(N=Nc1c(O)[nH]c2ccc([N+](=O)[O-])cc12)c1cc(=O)[nH]c2ccccc12. The number of rotatable bonds is 3. The lowest BCUT2D eigenvalue weighted by molar-refractivity contribution is -0.384. The minimum atomic E-state index is -0.790. The number of nitro groups is 1. The maximum atomic E-state index is 12.5. The lowest BCUT2D eigenvalue weighted by Gasteiger charge is -2.01. The molecule has 0 aliphatic rings. The van der Waals surface area contributed by atoms with Crippen LogP contribution in [0.5, 0.6) is 5.88 Å². The fourth-order valence-electron chi connectivity index (χ4n) is 2.90. The van der Waals surface area contributed by atoms with Gasteiger partial charge in [-0.05, 0) is 12.1 Å². The Balaban J connectivity index is 1.79.